The van der Waals surface area contributed by atoms with Gasteiger partial charge in [-0.1, -0.05) is 17.7 Å². The first kappa shape index (κ1) is 23.9. The van der Waals surface area contributed by atoms with Gasteiger partial charge in [0.25, 0.3) is 5.91 Å². The molecule has 2 fully saturated rings. The molecule has 0 N–H and O–H groups in total. The van der Waals surface area contributed by atoms with Gasteiger partial charge in [0, 0.05) is 60.4 Å². The van der Waals surface area contributed by atoms with Crippen LogP contribution in [0.4, 0.5) is 5.82 Å². The lowest BCUT2D eigenvalue weighted by molar-refractivity contribution is 0.0507. The molecule has 2 saturated heterocycles. The number of hydrogen-bond acceptors (Lipinski definition) is 6. The average molecular weight is 496 g/mol. The van der Waals surface area contributed by atoms with Crippen molar-refractivity contribution in [2.75, 3.05) is 51.5 Å². The van der Waals surface area contributed by atoms with E-state index in [4.69, 9.17) is 30.8 Å². The second-order valence-electron chi connectivity index (χ2n) is 8.96. The first-order valence-electron chi connectivity index (χ1n) is 12.1. The minimum Gasteiger partial charge on any atom is -0.497 e. The maximum absolute atomic E-state index is 13.7. The molecule has 1 aromatic heterocycles. The maximum atomic E-state index is 13.7. The molecule has 0 bridgehead atoms. The normalized spacial score (nSPS) is 18.1. The van der Waals surface area contributed by atoms with Crippen LogP contribution in [0.15, 0.2) is 48.5 Å². The van der Waals surface area contributed by atoms with E-state index in [0.717, 1.165) is 60.6 Å². The van der Waals surface area contributed by atoms with Gasteiger partial charge in [0.15, 0.2) is 0 Å². The minimum absolute atomic E-state index is 0.0302. The van der Waals surface area contributed by atoms with Crippen LogP contribution in [0, 0.1) is 0 Å². The van der Waals surface area contributed by atoms with E-state index in [2.05, 4.69) is 11.0 Å². The van der Waals surface area contributed by atoms with Crippen molar-refractivity contribution in [3.05, 3.63) is 64.7 Å². The van der Waals surface area contributed by atoms with E-state index < -0.39 is 0 Å². The van der Waals surface area contributed by atoms with E-state index in [1.807, 2.05) is 35.2 Å². The quantitative estimate of drug-likeness (QED) is 0.479. The molecule has 5 rings (SSSR count). The van der Waals surface area contributed by atoms with Gasteiger partial charge in [0.05, 0.1) is 31.9 Å². The molecule has 35 heavy (non-hydrogen) atoms. The molecule has 0 saturated carbocycles. The van der Waals surface area contributed by atoms with Crippen molar-refractivity contribution in [1.29, 1.82) is 0 Å². The number of benzene rings is 2. The third-order valence-electron chi connectivity index (χ3n) is 6.56. The van der Waals surface area contributed by atoms with Gasteiger partial charge < -0.3 is 24.0 Å². The molecule has 7 nitrogen and oxygen atoms in total. The monoisotopic (exact) mass is 495 g/mol. The molecule has 2 aliphatic heterocycles. The highest BCUT2D eigenvalue weighted by molar-refractivity contribution is 6.30. The van der Waals surface area contributed by atoms with E-state index in [1.54, 1.807) is 19.2 Å². The first-order valence-corrected chi connectivity index (χ1v) is 12.5. The van der Waals surface area contributed by atoms with Gasteiger partial charge in [-0.05, 0) is 49.2 Å². The topological polar surface area (TPSA) is 64.1 Å². The van der Waals surface area contributed by atoms with Crippen LogP contribution in [-0.2, 0) is 16.0 Å². The lowest BCUT2D eigenvalue weighted by Crippen LogP contribution is -2.40. The number of halogens is 1. The highest BCUT2D eigenvalue weighted by Crippen LogP contribution is 2.29. The van der Waals surface area contributed by atoms with Crippen molar-refractivity contribution >= 4 is 34.2 Å². The molecule has 1 unspecified atom stereocenters. The Morgan fingerprint density at radius 1 is 1.17 bits per heavy atom. The predicted octanol–water partition coefficient (Wildman–Crippen LogP) is 4.55. The molecule has 3 aromatic rings. The van der Waals surface area contributed by atoms with Crippen molar-refractivity contribution in [3.63, 3.8) is 0 Å². The Hall–Kier alpha value is -2.87. The molecular weight excluding hydrogens is 466 g/mol. The second-order valence-corrected chi connectivity index (χ2v) is 9.40. The van der Waals surface area contributed by atoms with E-state index in [1.165, 1.54) is 0 Å². The van der Waals surface area contributed by atoms with Gasteiger partial charge in [0.2, 0.25) is 0 Å². The Balaban J connectivity index is 1.53. The van der Waals surface area contributed by atoms with Crippen molar-refractivity contribution in [3.8, 4) is 5.75 Å². The first-order chi connectivity index (χ1) is 17.1. The minimum atomic E-state index is -0.0641. The molecule has 1 amide bonds. The van der Waals surface area contributed by atoms with Crippen LogP contribution < -0.4 is 9.64 Å². The summed E-state index contributed by atoms with van der Waals surface area (Å²) in [5.41, 5.74) is 2.43. The molecule has 2 aromatic carbocycles. The number of amides is 1. The Bertz CT molecular complexity index is 1190. The van der Waals surface area contributed by atoms with E-state index in [0.29, 0.717) is 36.9 Å². The predicted molar refractivity (Wildman–Crippen MR) is 136 cm³/mol. The standard InChI is InChI=1S/C27H30ClN3O4/c1-33-23-8-7-19-14-21(26(29-25(19)16-23)30-9-12-34-13-10-30)17-31(18-24-6-3-11-35-24)27(32)20-4-2-5-22(28)15-20/h2,4-5,7-8,14-16,24H,3,6,9-13,17-18H2,1H3. The number of rotatable bonds is 7. The second kappa shape index (κ2) is 10.8. The highest BCUT2D eigenvalue weighted by atomic mass is 35.5. The fraction of sp³-hybridized carbons (Fsp3) is 0.407. The lowest BCUT2D eigenvalue weighted by Gasteiger charge is -2.32. The van der Waals surface area contributed by atoms with Crippen molar-refractivity contribution in [2.24, 2.45) is 0 Å². The summed E-state index contributed by atoms with van der Waals surface area (Å²) < 4.78 is 16.9. The molecule has 2 aliphatic rings. The fourth-order valence-electron chi connectivity index (χ4n) is 4.74. The third kappa shape index (κ3) is 5.53. The zero-order valence-corrected chi connectivity index (χ0v) is 20.7. The van der Waals surface area contributed by atoms with Crippen LogP contribution in [0.3, 0.4) is 0 Å². The average Bonchev–Trinajstić information content (AvgIpc) is 3.41. The van der Waals surface area contributed by atoms with Gasteiger partial charge in [-0.25, -0.2) is 4.98 Å². The van der Waals surface area contributed by atoms with Gasteiger partial charge in [-0.2, -0.15) is 0 Å². The molecular formula is C27H30ClN3O4. The van der Waals surface area contributed by atoms with Crippen molar-refractivity contribution in [2.45, 2.75) is 25.5 Å². The maximum Gasteiger partial charge on any atom is 0.254 e. The number of hydrogen-bond donors (Lipinski definition) is 0. The third-order valence-corrected chi connectivity index (χ3v) is 6.79. The number of carbonyl (C=O) groups excluding carboxylic acids is 1. The largest absolute Gasteiger partial charge is 0.497 e. The number of pyridine rings is 1. The SMILES string of the molecule is COc1ccc2cc(CN(CC3CCCO3)C(=O)c3cccc(Cl)c3)c(N3CCOCC3)nc2c1. The summed E-state index contributed by atoms with van der Waals surface area (Å²) in [6.07, 6.45) is 2.00. The molecule has 8 heteroatoms. The number of fused-ring (bicyclic) bond motifs is 1. The number of methoxy groups -OCH3 is 1. The summed E-state index contributed by atoms with van der Waals surface area (Å²) in [6, 6.07) is 15.2. The molecule has 0 aliphatic carbocycles. The van der Waals surface area contributed by atoms with E-state index in [9.17, 15) is 4.79 Å². The number of ether oxygens (including phenoxy) is 3. The van der Waals surface area contributed by atoms with Crippen molar-refractivity contribution in [1.82, 2.24) is 9.88 Å². The molecule has 0 spiro atoms. The Labute approximate surface area is 210 Å². The molecule has 184 valence electrons. The van der Waals surface area contributed by atoms with Crippen LogP contribution in [0.5, 0.6) is 5.75 Å². The number of nitrogens with zero attached hydrogens (tertiary/aromatic N) is 3. The Kier molecular flexibility index (Phi) is 7.37. The van der Waals surface area contributed by atoms with Crippen LogP contribution >= 0.6 is 11.6 Å². The summed E-state index contributed by atoms with van der Waals surface area (Å²) in [7, 11) is 1.66. The zero-order chi connectivity index (χ0) is 24.2. The van der Waals surface area contributed by atoms with Gasteiger partial charge >= 0.3 is 0 Å². The van der Waals surface area contributed by atoms with Gasteiger partial charge in [-0.3, -0.25) is 4.79 Å². The summed E-state index contributed by atoms with van der Waals surface area (Å²) >= 11 is 6.21. The van der Waals surface area contributed by atoms with E-state index >= 15 is 0 Å². The van der Waals surface area contributed by atoms with Crippen LogP contribution in [0.25, 0.3) is 10.9 Å². The molecule has 3 heterocycles. The Morgan fingerprint density at radius 3 is 2.77 bits per heavy atom. The molecule has 1 atom stereocenters. The summed E-state index contributed by atoms with van der Waals surface area (Å²) in [5.74, 6) is 1.58. The van der Waals surface area contributed by atoms with Crippen molar-refractivity contribution < 1.29 is 19.0 Å². The molecule has 0 radical (unpaired) electrons. The Morgan fingerprint density at radius 2 is 2.03 bits per heavy atom. The summed E-state index contributed by atoms with van der Waals surface area (Å²) in [5, 5.41) is 1.55. The van der Waals surface area contributed by atoms with E-state index in [-0.39, 0.29) is 12.0 Å². The number of morpholine rings is 1. The number of anilines is 1. The lowest BCUT2D eigenvalue weighted by atomic mass is 10.1. The number of aromatic nitrogens is 1. The zero-order valence-electron chi connectivity index (χ0n) is 19.9. The van der Waals surface area contributed by atoms with Crippen LogP contribution in [0.2, 0.25) is 5.02 Å². The number of carbonyl (C=O) groups is 1. The summed E-state index contributed by atoms with van der Waals surface area (Å²) in [6.45, 7) is 4.49. The van der Waals surface area contributed by atoms with Crippen LogP contribution in [-0.4, -0.2) is 68.5 Å². The fourth-order valence-corrected chi connectivity index (χ4v) is 4.93. The van der Waals surface area contributed by atoms with Gasteiger partial charge in [-0.15, -0.1) is 0 Å². The van der Waals surface area contributed by atoms with Gasteiger partial charge in [0.1, 0.15) is 11.6 Å². The summed E-state index contributed by atoms with van der Waals surface area (Å²) in [4.78, 5) is 22.8. The van der Waals surface area contributed by atoms with Crippen LogP contribution in [0.1, 0.15) is 28.8 Å². The smallest absolute Gasteiger partial charge is 0.254 e. The highest BCUT2D eigenvalue weighted by Gasteiger charge is 2.26.